The van der Waals surface area contributed by atoms with Crippen molar-refractivity contribution in [3.05, 3.63) is 15.5 Å². The summed E-state index contributed by atoms with van der Waals surface area (Å²) in [5, 5.41) is 10.6. The molecule has 1 aromatic rings. The van der Waals surface area contributed by atoms with Crippen molar-refractivity contribution in [2.24, 2.45) is 0 Å². The number of hydrogen-bond donors (Lipinski definition) is 1. The first-order valence-corrected chi connectivity index (χ1v) is 4.66. The molecular formula is C7H7ClN2S. The maximum atomic E-state index is 7.21. The molecule has 4 heteroatoms. The van der Waals surface area contributed by atoms with Crippen LogP contribution < -0.4 is 0 Å². The Bertz CT molecular complexity index is 290. The van der Waals surface area contributed by atoms with Crippen LogP contribution in [0.25, 0.3) is 0 Å². The first kappa shape index (κ1) is 7.25. The Kier molecular flexibility index (Phi) is 1.51. The van der Waals surface area contributed by atoms with Gasteiger partial charge in [-0.15, -0.1) is 11.3 Å². The summed E-state index contributed by atoms with van der Waals surface area (Å²) in [4.78, 5) is 4.15. The van der Waals surface area contributed by atoms with Crippen molar-refractivity contribution in [1.29, 1.82) is 5.41 Å². The van der Waals surface area contributed by atoms with Crippen LogP contribution in [0.2, 0.25) is 5.15 Å². The standard InChI is InChI=1S/C7H7ClN2S/c8-5-3-11-6(10-5)7(4-9)1-2-7/h3-4,9H,1-2H2. The zero-order valence-electron chi connectivity index (χ0n) is 5.80. The summed E-state index contributed by atoms with van der Waals surface area (Å²) in [6, 6.07) is 0. The number of thiazole rings is 1. The third-order valence-electron chi connectivity index (χ3n) is 1.97. The van der Waals surface area contributed by atoms with Crippen molar-refractivity contribution in [2.45, 2.75) is 18.3 Å². The lowest BCUT2D eigenvalue weighted by atomic mass is 10.1. The molecular weight excluding hydrogens is 180 g/mol. The highest BCUT2D eigenvalue weighted by molar-refractivity contribution is 7.10. The minimum atomic E-state index is -0.0300. The summed E-state index contributed by atoms with van der Waals surface area (Å²) >= 11 is 7.22. The van der Waals surface area contributed by atoms with Gasteiger partial charge in [0.2, 0.25) is 0 Å². The molecule has 1 heterocycles. The van der Waals surface area contributed by atoms with Crippen LogP contribution in [0.4, 0.5) is 0 Å². The van der Waals surface area contributed by atoms with Crippen LogP contribution in [0.1, 0.15) is 17.8 Å². The molecule has 0 aromatic carbocycles. The highest BCUT2D eigenvalue weighted by atomic mass is 35.5. The van der Waals surface area contributed by atoms with E-state index in [1.165, 1.54) is 6.21 Å². The molecule has 0 unspecified atom stereocenters. The van der Waals surface area contributed by atoms with Gasteiger partial charge in [0.25, 0.3) is 0 Å². The van der Waals surface area contributed by atoms with Crippen molar-refractivity contribution in [2.75, 3.05) is 0 Å². The van der Waals surface area contributed by atoms with Crippen LogP contribution in [0.3, 0.4) is 0 Å². The van der Waals surface area contributed by atoms with Crippen LogP contribution in [-0.2, 0) is 5.41 Å². The maximum Gasteiger partial charge on any atom is 0.140 e. The average Bonchev–Trinajstić information content (AvgIpc) is 2.70. The largest absolute Gasteiger partial charge is 0.312 e. The fourth-order valence-electron chi connectivity index (χ4n) is 1.04. The van der Waals surface area contributed by atoms with Crippen LogP contribution in [0.5, 0.6) is 0 Å². The van der Waals surface area contributed by atoms with Crippen molar-refractivity contribution in [3.63, 3.8) is 0 Å². The van der Waals surface area contributed by atoms with Gasteiger partial charge in [-0.05, 0) is 12.8 Å². The predicted molar refractivity (Wildman–Crippen MR) is 46.8 cm³/mol. The topological polar surface area (TPSA) is 36.7 Å². The van der Waals surface area contributed by atoms with E-state index in [2.05, 4.69) is 4.98 Å². The molecule has 1 saturated carbocycles. The molecule has 58 valence electrons. The van der Waals surface area contributed by atoms with E-state index in [1.54, 1.807) is 11.3 Å². The molecule has 1 aliphatic carbocycles. The Morgan fingerprint density at radius 2 is 2.45 bits per heavy atom. The predicted octanol–water partition coefficient (Wildman–Crippen LogP) is 2.48. The van der Waals surface area contributed by atoms with Gasteiger partial charge in [0.1, 0.15) is 10.2 Å². The molecule has 1 aromatic heterocycles. The van der Waals surface area contributed by atoms with Crippen LogP contribution in [-0.4, -0.2) is 11.2 Å². The van der Waals surface area contributed by atoms with Crippen molar-refractivity contribution in [1.82, 2.24) is 4.98 Å². The van der Waals surface area contributed by atoms with Gasteiger partial charge in [-0.3, -0.25) is 0 Å². The lowest BCUT2D eigenvalue weighted by molar-refractivity contribution is 0.942. The summed E-state index contributed by atoms with van der Waals surface area (Å²) < 4.78 is 0. The lowest BCUT2D eigenvalue weighted by Gasteiger charge is -2.00. The van der Waals surface area contributed by atoms with Crippen molar-refractivity contribution in [3.8, 4) is 0 Å². The third-order valence-corrected chi connectivity index (χ3v) is 3.35. The number of nitrogens with zero attached hydrogens (tertiary/aromatic N) is 1. The van der Waals surface area contributed by atoms with Gasteiger partial charge in [-0.1, -0.05) is 11.6 Å². The quantitative estimate of drug-likeness (QED) is 0.708. The Morgan fingerprint density at radius 1 is 1.73 bits per heavy atom. The van der Waals surface area contributed by atoms with Crippen LogP contribution in [0, 0.1) is 5.41 Å². The molecule has 2 rings (SSSR count). The molecule has 11 heavy (non-hydrogen) atoms. The van der Waals surface area contributed by atoms with Crippen LogP contribution in [0.15, 0.2) is 5.38 Å². The monoisotopic (exact) mass is 186 g/mol. The molecule has 0 aliphatic heterocycles. The second-order valence-electron chi connectivity index (χ2n) is 2.78. The smallest absolute Gasteiger partial charge is 0.140 e. The lowest BCUT2D eigenvalue weighted by Crippen LogP contribution is -2.05. The van der Waals surface area contributed by atoms with Gasteiger partial charge >= 0.3 is 0 Å². The second kappa shape index (κ2) is 2.29. The second-order valence-corrected chi connectivity index (χ2v) is 4.02. The fraction of sp³-hybridized carbons (Fsp3) is 0.429. The van der Waals surface area contributed by atoms with E-state index in [4.69, 9.17) is 17.0 Å². The molecule has 0 amide bonds. The first-order valence-electron chi connectivity index (χ1n) is 3.40. The minimum Gasteiger partial charge on any atom is -0.312 e. The summed E-state index contributed by atoms with van der Waals surface area (Å²) in [6.45, 7) is 0. The van der Waals surface area contributed by atoms with Gasteiger partial charge in [0.15, 0.2) is 0 Å². The molecule has 0 saturated heterocycles. The molecule has 0 atom stereocenters. The molecule has 0 spiro atoms. The van der Waals surface area contributed by atoms with Gasteiger partial charge < -0.3 is 5.41 Å². The number of halogens is 1. The minimum absolute atomic E-state index is 0.0300. The van der Waals surface area contributed by atoms with Gasteiger partial charge in [-0.2, -0.15) is 0 Å². The number of hydrogen-bond acceptors (Lipinski definition) is 3. The molecule has 1 aliphatic rings. The van der Waals surface area contributed by atoms with E-state index in [0.29, 0.717) is 5.15 Å². The van der Waals surface area contributed by atoms with E-state index >= 15 is 0 Å². The van der Waals surface area contributed by atoms with Crippen molar-refractivity contribution < 1.29 is 0 Å². The molecule has 2 nitrogen and oxygen atoms in total. The zero-order chi connectivity index (χ0) is 7.90. The third kappa shape index (κ3) is 1.08. The van der Waals surface area contributed by atoms with E-state index in [1.807, 2.05) is 5.38 Å². The Balaban J connectivity index is 2.36. The summed E-state index contributed by atoms with van der Waals surface area (Å²) in [5.74, 6) is 0. The molecule has 0 bridgehead atoms. The number of nitrogens with one attached hydrogen (secondary N) is 1. The summed E-state index contributed by atoms with van der Waals surface area (Å²) in [5.41, 5.74) is -0.0300. The van der Waals surface area contributed by atoms with Gasteiger partial charge in [0.05, 0.1) is 5.41 Å². The van der Waals surface area contributed by atoms with E-state index < -0.39 is 0 Å². The van der Waals surface area contributed by atoms with Gasteiger partial charge in [-0.25, -0.2) is 4.98 Å². The van der Waals surface area contributed by atoms with Gasteiger partial charge in [0, 0.05) is 11.6 Å². The highest BCUT2D eigenvalue weighted by Crippen LogP contribution is 2.47. The van der Waals surface area contributed by atoms with Crippen LogP contribution >= 0.6 is 22.9 Å². The zero-order valence-corrected chi connectivity index (χ0v) is 7.37. The Hall–Kier alpha value is -0.410. The van der Waals surface area contributed by atoms with E-state index in [-0.39, 0.29) is 5.41 Å². The maximum absolute atomic E-state index is 7.21. The SMILES string of the molecule is N=CC1(c2nc(Cl)cs2)CC1. The van der Waals surface area contributed by atoms with E-state index in [9.17, 15) is 0 Å². The Labute approximate surface area is 73.7 Å². The van der Waals surface area contributed by atoms with Crippen molar-refractivity contribution >= 4 is 29.2 Å². The highest BCUT2D eigenvalue weighted by Gasteiger charge is 2.45. The van der Waals surface area contributed by atoms with E-state index in [0.717, 1.165) is 17.8 Å². The Morgan fingerprint density at radius 3 is 2.82 bits per heavy atom. The molecule has 0 radical (unpaired) electrons. The number of aromatic nitrogens is 1. The normalized spacial score (nSPS) is 19.7. The molecule has 1 fully saturated rings. The molecule has 1 N–H and O–H groups in total. The fourth-order valence-corrected chi connectivity index (χ4v) is 2.22. The summed E-state index contributed by atoms with van der Waals surface area (Å²) in [6.07, 6.45) is 3.60. The average molecular weight is 187 g/mol. The first-order chi connectivity index (χ1) is 5.27. The summed E-state index contributed by atoms with van der Waals surface area (Å²) in [7, 11) is 0. The number of rotatable bonds is 2.